The van der Waals surface area contributed by atoms with Crippen LogP contribution < -0.4 is 0 Å². The molecule has 0 aliphatic carbocycles. The van der Waals surface area contributed by atoms with E-state index in [1.165, 1.54) is 11.1 Å². The molecule has 0 aromatic carbocycles. The van der Waals surface area contributed by atoms with Crippen LogP contribution in [0, 0.1) is 0 Å². The van der Waals surface area contributed by atoms with Crippen molar-refractivity contribution in [2.24, 2.45) is 0 Å². The van der Waals surface area contributed by atoms with E-state index in [1.54, 1.807) is 0 Å². The van der Waals surface area contributed by atoms with E-state index >= 15 is 0 Å². The number of allylic oxidation sites excluding steroid dienone is 8. The van der Waals surface area contributed by atoms with E-state index in [9.17, 15) is 0 Å². The molecule has 0 saturated carbocycles. The summed E-state index contributed by atoms with van der Waals surface area (Å²) in [5.41, 5.74) is 4.99. The van der Waals surface area contributed by atoms with Gasteiger partial charge in [0.05, 0.1) is 0 Å². The molecule has 0 aliphatic heterocycles. The third-order valence-electron chi connectivity index (χ3n) is 2.61. The first-order chi connectivity index (χ1) is 10.3. The van der Waals surface area contributed by atoms with Gasteiger partial charge in [0.15, 0.2) is 0 Å². The maximum atomic E-state index is 7.50. The summed E-state index contributed by atoms with van der Waals surface area (Å²) in [6.45, 7) is 27.9. The maximum Gasteiger partial charge on any atom is 0.281 e. The second kappa shape index (κ2) is 23.0. The zero-order valence-electron chi connectivity index (χ0n) is 15.2. The van der Waals surface area contributed by atoms with E-state index < -0.39 is 0 Å². The molecule has 0 unspecified atom stereocenters. The van der Waals surface area contributed by atoms with Gasteiger partial charge in [0.2, 0.25) is 0 Å². The van der Waals surface area contributed by atoms with Gasteiger partial charge in [0.25, 0.3) is 6.79 Å². The number of rotatable bonds is 8. The summed E-state index contributed by atoms with van der Waals surface area (Å²) in [5, 5.41) is 0. The van der Waals surface area contributed by atoms with Gasteiger partial charge in [-0.2, -0.15) is 0 Å². The van der Waals surface area contributed by atoms with Gasteiger partial charge in [-0.1, -0.05) is 72.9 Å². The van der Waals surface area contributed by atoms with E-state index in [0.29, 0.717) is 0 Å². The van der Waals surface area contributed by atoms with Crippen molar-refractivity contribution in [2.75, 3.05) is 0 Å². The van der Waals surface area contributed by atoms with Crippen molar-refractivity contribution in [3.05, 3.63) is 72.9 Å². The van der Waals surface area contributed by atoms with Crippen LogP contribution in [0.4, 0.5) is 0 Å². The second-order valence-corrected chi connectivity index (χ2v) is 5.37. The third kappa shape index (κ3) is 33.5. The van der Waals surface area contributed by atoms with Crippen molar-refractivity contribution in [3.8, 4) is 0 Å². The van der Waals surface area contributed by atoms with E-state index in [1.807, 2.05) is 12.2 Å². The molecule has 0 N–H and O–H groups in total. The topological polar surface area (TPSA) is 17.1 Å². The first-order valence-corrected chi connectivity index (χ1v) is 7.41. The van der Waals surface area contributed by atoms with Crippen LogP contribution in [0.15, 0.2) is 72.9 Å². The first kappa shape index (κ1) is 29.7. The Morgan fingerprint density at radius 3 is 1.22 bits per heavy atom. The normalized spacial score (nSPS) is 7.65. The summed E-state index contributed by atoms with van der Waals surface area (Å²) in [6, 6.07) is 0. The Kier molecular flexibility index (Phi) is 29.7. The molecular weight excluding hydrogens is 369 g/mol. The van der Waals surface area contributed by atoms with Gasteiger partial charge in [-0.25, -0.2) is 0 Å². The van der Waals surface area contributed by atoms with Crippen molar-refractivity contribution in [1.82, 2.24) is 0 Å². The zero-order valence-corrected chi connectivity index (χ0v) is 17.0. The molecule has 0 bridgehead atoms. The van der Waals surface area contributed by atoms with Gasteiger partial charge in [-0.05, 0) is 53.4 Å². The summed E-state index contributed by atoms with van der Waals surface area (Å²) < 4.78 is 0. The Bertz CT molecular complexity index is 354. The zero-order chi connectivity index (χ0) is 18.0. The van der Waals surface area contributed by atoms with Crippen LogP contribution in [0.5, 0.6) is 0 Å². The average molecular weight is 402 g/mol. The fourth-order valence-electron chi connectivity index (χ4n) is 1.30. The van der Waals surface area contributed by atoms with Crippen molar-refractivity contribution in [3.63, 3.8) is 0 Å². The molecule has 23 heavy (non-hydrogen) atoms. The largest absolute Gasteiger partial charge is 0.281 e. The predicted octanol–water partition coefficient (Wildman–Crippen LogP) is 6.55. The minimum atomic E-state index is 0. The molecule has 0 amide bonds. The minimum absolute atomic E-state index is 0. The van der Waals surface area contributed by atoms with Crippen molar-refractivity contribution in [1.29, 1.82) is 0 Å². The Hall–Kier alpha value is -1.27. The Labute approximate surface area is 157 Å². The smallest absolute Gasteiger partial charge is 0.281 e. The summed E-state index contributed by atoms with van der Waals surface area (Å²) in [6.07, 6.45) is 12.3. The SMILES string of the molecule is C=CC(=C)CCC=C(C)C.C=CC(=C)CCC=C(C)C.[C]=O.[Ru]. The molecule has 0 rings (SSSR count). The molecule has 0 aromatic rings. The molecule has 0 aliphatic rings. The van der Waals surface area contributed by atoms with Gasteiger partial charge in [0, 0.05) is 19.5 Å². The number of hydrogen-bond acceptors (Lipinski definition) is 1. The van der Waals surface area contributed by atoms with Gasteiger partial charge < -0.3 is 0 Å². The van der Waals surface area contributed by atoms with Gasteiger partial charge in [0.1, 0.15) is 0 Å². The quantitative estimate of drug-likeness (QED) is 0.256. The summed E-state index contributed by atoms with van der Waals surface area (Å²) in [7, 11) is 0. The number of carbonyl (C=O) groups excluding carboxylic acids is 1. The predicted molar refractivity (Wildman–Crippen MR) is 102 cm³/mol. The molecule has 0 fully saturated rings. The number of hydrogen-bond donors (Lipinski definition) is 0. The van der Waals surface area contributed by atoms with E-state index in [2.05, 4.69) is 73.0 Å². The molecule has 0 heterocycles. The van der Waals surface area contributed by atoms with Crippen molar-refractivity contribution < 1.29 is 24.3 Å². The van der Waals surface area contributed by atoms with Gasteiger partial charge in [-0.15, -0.1) is 0 Å². The van der Waals surface area contributed by atoms with Crippen LogP contribution in [-0.4, -0.2) is 6.79 Å². The van der Waals surface area contributed by atoms with Crippen LogP contribution in [0.2, 0.25) is 0 Å². The van der Waals surface area contributed by atoms with E-state index in [4.69, 9.17) is 4.79 Å². The maximum absolute atomic E-state index is 7.50. The molecule has 0 atom stereocenters. The molecule has 0 saturated heterocycles. The molecule has 0 aromatic heterocycles. The monoisotopic (exact) mass is 402 g/mol. The van der Waals surface area contributed by atoms with Crippen LogP contribution in [0.25, 0.3) is 0 Å². The first-order valence-electron chi connectivity index (χ1n) is 7.41. The average Bonchev–Trinajstić information content (AvgIpc) is 2.48. The summed E-state index contributed by atoms with van der Waals surface area (Å²) in [5.74, 6) is 0. The molecular formula is C21H32ORu. The van der Waals surface area contributed by atoms with Crippen LogP contribution in [0.1, 0.15) is 53.4 Å². The Balaban J connectivity index is -0.000000136. The Morgan fingerprint density at radius 2 is 1.04 bits per heavy atom. The second-order valence-electron chi connectivity index (χ2n) is 5.37. The fraction of sp³-hybridized carbons (Fsp3) is 0.381. The van der Waals surface area contributed by atoms with E-state index in [0.717, 1.165) is 36.8 Å². The van der Waals surface area contributed by atoms with Gasteiger partial charge >= 0.3 is 0 Å². The molecule has 2 radical (unpaired) electrons. The summed E-state index contributed by atoms with van der Waals surface area (Å²) >= 11 is 0. The van der Waals surface area contributed by atoms with Crippen LogP contribution in [0.3, 0.4) is 0 Å². The summed E-state index contributed by atoms with van der Waals surface area (Å²) in [4.78, 5) is 7.50. The Morgan fingerprint density at radius 1 is 0.783 bits per heavy atom. The van der Waals surface area contributed by atoms with Crippen molar-refractivity contribution in [2.45, 2.75) is 53.4 Å². The van der Waals surface area contributed by atoms with Gasteiger partial charge in [-0.3, -0.25) is 4.79 Å². The van der Waals surface area contributed by atoms with Crippen LogP contribution in [-0.2, 0) is 24.3 Å². The standard InChI is InChI=1S/2C10H16.CO.Ru/c2*1-5-10(4)8-6-7-9(2)3;1-2;/h2*5,7H,1,4,6,8H2,2-3H3;;. The molecule has 2 heteroatoms. The van der Waals surface area contributed by atoms with Crippen LogP contribution >= 0.6 is 0 Å². The minimum Gasteiger partial charge on any atom is -0.281 e. The van der Waals surface area contributed by atoms with E-state index in [-0.39, 0.29) is 19.5 Å². The van der Waals surface area contributed by atoms with Crippen molar-refractivity contribution >= 4 is 6.79 Å². The molecule has 1 nitrogen and oxygen atoms in total. The molecule has 130 valence electrons. The fourth-order valence-corrected chi connectivity index (χ4v) is 1.30. The third-order valence-corrected chi connectivity index (χ3v) is 2.61. The molecule has 0 spiro atoms.